The molecule has 0 aliphatic heterocycles. The van der Waals surface area contributed by atoms with Crippen LogP contribution in [0.2, 0.25) is 0 Å². The van der Waals surface area contributed by atoms with Crippen LogP contribution in [0.1, 0.15) is 33.1 Å². The summed E-state index contributed by atoms with van der Waals surface area (Å²) in [4.78, 5) is 0. The first-order chi connectivity index (χ1) is 7.97. The summed E-state index contributed by atoms with van der Waals surface area (Å²) in [7, 11) is -3.23. The lowest BCUT2D eigenvalue weighted by molar-refractivity contribution is 0.178. The van der Waals surface area contributed by atoms with Crippen molar-refractivity contribution in [2.24, 2.45) is 0 Å². The Bertz CT molecular complexity index is 313. The number of rotatable bonds is 8. The lowest BCUT2D eigenvalue weighted by Gasteiger charge is -2.36. The monoisotopic (exact) mass is 264 g/mol. The topological polar surface area (TPSA) is 69.6 Å². The molecule has 1 aliphatic carbocycles. The maximum atomic E-state index is 12.1. The normalized spacial score (nSPS) is 17.7. The highest BCUT2D eigenvalue weighted by Gasteiger charge is 2.32. The quantitative estimate of drug-likeness (QED) is 0.655. The van der Waals surface area contributed by atoms with Crippen LogP contribution < -0.4 is 5.32 Å². The van der Waals surface area contributed by atoms with Gasteiger partial charge in [-0.3, -0.25) is 0 Å². The van der Waals surface area contributed by atoms with E-state index in [2.05, 4.69) is 5.32 Å². The Kier molecular flexibility index (Phi) is 5.85. The number of aliphatic hydroxyl groups excluding tert-OH is 1. The molecule has 1 aliphatic rings. The van der Waals surface area contributed by atoms with Crippen LogP contribution in [-0.2, 0) is 10.0 Å². The molecule has 0 atom stereocenters. The van der Waals surface area contributed by atoms with Crippen LogP contribution in [0.25, 0.3) is 0 Å². The third-order valence-corrected chi connectivity index (χ3v) is 4.99. The van der Waals surface area contributed by atoms with E-state index in [0.29, 0.717) is 12.6 Å². The molecule has 0 bridgehead atoms. The molecule has 1 saturated carbocycles. The standard InChI is InChI=1S/C11H24N2O3S/c1-10(2)12-6-9-17(15,16)13(7-8-14)11-4-3-5-11/h10-12,14H,3-9H2,1-2H3. The van der Waals surface area contributed by atoms with Crippen LogP contribution in [0.3, 0.4) is 0 Å². The highest BCUT2D eigenvalue weighted by molar-refractivity contribution is 7.89. The number of hydrogen-bond donors (Lipinski definition) is 2. The van der Waals surface area contributed by atoms with Crippen molar-refractivity contribution in [1.82, 2.24) is 9.62 Å². The van der Waals surface area contributed by atoms with Gasteiger partial charge < -0.3 is 10.4 Å². The van der Waals surface area contributed by atoms with Crippen molar-refractivity contribution in [2.75, 3.05) is 25.4 Å². The Balaban J connectivity index is 2.51. The van der Waals surface area contributed by atoms with E-state index in [4.69, 9.17) is 5.11 Å². The van der Waals surface area contributed by atoms with Gasteiger partial charge in [-0.2, -0.15) is 4.31 Å². The van der Waals surface area contributed by atoms with Crippen molar-refractivity contribution >= 4 is 10.0 Å². The summed E-state index contributed by atoms with van der Waals surface area (Å²) in [6.07, 6.45) is 2.94. The highest BCUT2D eigenvalue weighted by Crippen LogP contribution is 2.26. The van der Waals surface area contributed by atoms with E-state index in [9.17, 15) is 8.42 Å². The van der Waals surface area contributed by atoms with E-state index in [0.717, 1.165) is 19.3 Å². The number of aliphatic hydroxyl groups is 1. The first kappa shape index (κ1) is 14.9. The lowest BCUT2D eigenvalue weighted by Crippen LogP contribution is -2.47. The average Bonchev–Trinajstić information content (AvgIpc) is 2.13. The molecule has 0 heterocycles. The second-order valence-electron chi connectivity index (χ2n) is 4.84. The van der Waals surface area contributed by atoms with Gasteiger partial charge in [0.2, 0.25) is 10.0 Å². The molecule has 6 heteroatoms. The fourth-order valence-corrected chi connectivity index (χ4v) is 3.55. The maximum absolute atomic E-state index is 12.1. The van der Waals surface area contributed by atoms with Crippen molar-refractivity contribution in [1.29, 1.82) is 0 Å². The molecule has 0 amide bonds. The van der Waals surface area contributed by atoms with Gasteiger partial charge in [-0.1, -0.05) is 20.3 Å². The predicted molar refractivity (Wildman–Crippen MR) is 68.4 cm³/mol. The van der Waals surface area contributed by atoms with Crippen molar-refractivity contribution in [3.8, 4) is 0 Å². The summed E-state index contributed by atoms with van der Waals surface area (Å²) in [5.41, 5.74) is 0. The van der Waals surface area contributed by atoms with E-state index in [1.165, 1.54) is 4.31 Å². The second kappa shape index (κ2) is 6.68. The van der Waals surface area contributed by atoms with Crippen molar-refractivity contribution in [2.45, 2.75) is 45.2 Å². The minimum atomic E-state index is -3.23. The Morgan fingerprint density at radius 2 is 2.06 bits per heavy atom. The summed E-state index contributed by atoms with van der Waals surface area (Å²) in [6, 6.07) is 0.409. The first-order valence-corrected chi connectivity index (χ1v) is 7.92. The van der Waals surface area contributed by atoms with Crippen LogP contribution in [0, 0.1) is 0 Å². The Morgan fingerprint density at radius 1 is 1.41 bits per heavy atom. The van der Waals surface area contributed by atoms with E-state index in [1.807, 2.05) is 13.8 Å². The SMILES string of the molecule is CC(C)NCCS(=O)(=O)N(CCO)C1CCC1. The summed E-state index contributed by atoms with van der Waals surface area (Å²) in [6.45, 7) is 4.57. The summed E-state index contributed by atoms with van der Waals surface area (Å²) in [5.74, 6) is 0.113. The maximum Gasteiger partial charge on any atom is 0.215 e. The molecule has 0 radical (unpaired) electrons. The molecule has 0 unspecified atom stereocenters. The third-order valence-electron chi connectivity index (χ3n) is 3.07. The molecule has 2 N–H and O–H groups in total. The van der Waals surface area contributed by atoms with Crippen LogP contribution >= 0.6 is 0 Å². The molecule has 5 nitrogen and oxygen atoms in total. The van der Waals surface area contributed by atoms with Crippen LogP contribution in [-0.4, -0.2) is 55.4 Å². The summed E-state index contributed by atoms with van der Waals surface area (Å²) in [5, 5.41) is 12.1. The number of sulfonamides is 1. The zero-order chi connectivity index (χ0) is 12.9. The molecule has 17 heavy (non-hydrogen) atoms. The van der Waals surface area contributed by atoms with Crippen molar-refractivity contribution < 1.29 is 13.5 Å². The zero-order valence-corrected chi connectivity index (χ0v) is 11.5. The van der Waals surface area contributed by atoms with Gasteiger partial charge in [0.15, 0.2) is 0 Å². The van der Waals surface area contributed by atoms with Gasteiger partial charge in [0.25, 0.3) is 0 Å². The summed E-state index contributed by atoms with van der Waals surface area (Å²) < 4.78 is 25.7. The molecule has 0 saturated heterocycles. The largest absolute Gasteiger partial charge is 0.395 e. The summed E-state index contributed by atoms with van der Waals surface area (Å²) >= 11 is 0. The van der Waals surface area contributed by atoms with Gasteiger partial charge in [0.1, 0.15) is 0 Å². The minimum Gasteiger partial charge on any atom is -0.395 e. The third kappa shape index (κ3) is 4.54. The van der Waals surface area contributed by atoms with E-state index < -0.39 is 10.0 Å². The Labute approximate surface area is 104 Å². The van der Waals surface area contributed by atoms with Crippen LogP contribution in [0.15, 0.2) is 0 Å². The van der Waals surface area contributed by atoms with Crippen LogP contribution in [0.5, 0.6) is 0 Å². The molecular weight excluding hydrogens is 240 g/mol. The zero-order valence-electron chi connectivity index (χ0n) is 10.7. The lowest BCUT2D eigenvalue weighted by atomic mass is 9.93. The molecule has 0 aromatic rings. The molecule has 102 valence electrons. The Morgan fingerprint density at radius 3 is 2.47 bits per heavy atom. The molecule has 1 fully saturated rings. The Hall–Kier alpha value is -0.170. The van der Waals surface area contributed by atoms with Crippen molar-refractivity contribution in [3.63, 3.8) is 0 Å². The van der Waals surface area contributed by atoms with E-state index >= 15 is 0 Å². The number of nitrogens with zero attached hydrogens (tertiary/aromatic N) is 1. The first-order valence-electron chi connectivity index (χ1n) is 6.31. The van der Waals surface area contributed by atoms with Gasteiger partial charge >= 0.3 is 0 Å². The van der Waals surface area contributed by atoms with Gasteiger partial charge in [-0.25, -0.2) is 8.42 Å². The highest BCUT2D eigenvalue weighted by atomic mass is 32.2. The van der Waals surface area contributed by atoms with Gasteiger partial charge in [0.05, 0.1) is 12.4 Å². The second-order valence-corrected chi connectivity index (χ2v) is 6.88. The number of nitrogens with one attached hydrogen (secondary N) is 1. The molecule has 0 aromatic carbocycles. The minimum absolute atomic E-state index is 0.104. The molecule has 1 rings (SSSR count). The molecular formula is C11H24N2O3S. The van der Waals surface area contributed by atoms with Gasteiger partial charge in [-0.15, -0.1) is 0 Å². The van der Waals surface area contributed by atoms with Crippen LogP contribution in [0.4, 0.5) is 0 Å². The fraction of sp³-hybridized carbons (Fsp3) is 1.00. The molecule has 0 aromatic heterocycles. The fourth-order valence-electron chi connectivity index (χ4n) is 1.92. The van der Waals surface area contributed by atoms with Gasteiger partial charge in [0, 0.05) is 25.2 Å². The molecule has 0 spiro atoms. The number of hydrogen-bond acceptors (Lipinski definition) is 4. The predicted octanol–water partition coefficient (Wildman–Crippen LogP) is 0.161. The van der Waals surface area contributed by atoms with Crippen molar-refractivity contribution in [3.05, 3.63) is 0 Å². The van der Waals surface area contributed by atoms with E-state index in [1.54, 1.807) is 0 Å². The van der Waals surface area contributed by atoms with E-state index in [-0.39, 0.29) is 24.9 Å². The average molecular weight is 264 g/mol. The smallest absolute Gasteiger partial charge is 0.215 e. The van der Waals surface area contributed by atoms with Gasteiger partial charge in [-0.05, 0) is 12.8 Å².